The number of ether oxygens (including phenoxy) is 2. The third-order valence-corrected chi connectivity index (χ3v) is 5.06. The van der Waals surface area contributed by atoms with Gasteiger partial charge in [-0.3, -0.25) is 14.9 Å². The van der Waals surface area contributed by atoms with Gasteiger partial charge in [0.25, 0.3) is 0 Å². The number of aliphatic imine (C=N–C) groups is 1. The molecule has 0 aromatic heterocycles. The number of guanidine groups is 1. The predicted molar refractivity (Wildman–Crippen MR) is 107 cm³/mol. The van der Waals surface area contributed by atoms with Crippen LogP contribution in [0.2, 0.25) is 0 Å². The van der Waals surface area contributed by atoms with Crippen molar-refractivity contribution in [2.45, 2.75) is 19.9 Å². The predicted octanol–water partition coefficient (Wildman–Crippen LogP) is 0.745. The van der Waals surface area contributed by atoms with E-state index in [4.69, 9.17) is 14.5 Å². The number of piperazine rings is 1. The molecule has 2 N–H and O–H groups in total. The van der Waals surface area contributed by atoms with Crippen molar-refractivity contribution in [3.63, 3.8) is 0 Å². The highest BCUT2D eigenvalue weighted by molar-refractivity contribution is 6.08. The van der Waals surface area contributed by atoms with Crippen molar-refractivity contribution in [1.82, 2.24) is 15.1 Å². The van der Waals surface area contributed by atoms with Gasteiger partial charge < -0.3 is 24.4 Å². The van der Waals surface area contributed by atoms with Gasteiger partial charge in [-0.15, -0.1) is 0 Å². The van der Waals surface area contributed by atoms with Crippen molar-refractivity contribution in [3.05, 3.63) is 23.8 Å². The van der Waals surface area contributed by atoms with E-state index in [9.17, 15) is 14.7 Å². The number of hydrogen-bond donors (Lipinski definition) is 2. The molecule has 1 aromatic rings. The van der Waals surface area contributed by atoms with E-state index >= 15 is 0 Å². The number of phenolic OH excluding ortho intramolecular Hbond substituents is 1. The number of phenols is 1. The Morgan fingerprint density at radius 1 is 1.24 bits per heavy atom. The third kappa shape index (κ3) is 4.61. The first kappa shape index (κ1) is 20.9. The van der Waals surface area contributed by atoms with Gasteiger partial charge in [0.2, 0.25) is 11.9 Å². The van der Waals surface area contributed by atoms with Crippen LogP contribution in [0.5, 0.6) is 11.5 Å². The summed E-state index contributed by atoms with van der Waals surface area (Å²) in [5.41, 5.74) is 0.603. The lowest BCUT2D eigenvalue weighted by atomic mass is 9.91. The smallest absolute Gasteiger partial charge is 0.321 e. The van der Waals surface area contributed by atoms with E-state index in [1.54, 1.807) is 19.1 Å². The molecule has 0 spiro atoms. The van der Waals surface area contributed by atoms with Crippen LogP contribution in [0, 0.1) is 5.92 Å². The maximum absolute atomic E-state index is 12.9. The molecule has 0 saturated carbocycles. The zero-order valence-corrected chi connectivity index (χ0v) is 17.1. The quantitative estimate of drug-likeness (QED) is 0.551. The first-order chi connectivity index (χ1) is 13.9. The van der Waals surface area contributed by atoms with Crippen LogP contribution in [0.4, 0.5) is 0 Å². The van der Waals surface area contributed by atoms with Crippen LogP contribution in [-0.4, -0.2) is 79.2 Å². The van der Waals surface area contributed by atoms with E-state index in [1.807, 2.05) is 18.9 Å². The largest absolute Gasteiger partial charge is 0.504 e. The molecule has 9 nitrogen and oxygen atoms in total. The molecule has 1 aromatic carbocycles. The van der Waals surface area contributed by atoms with Crippen LogP contribution in [0.15, 0.2) is 23.2 Å². The summed E-state index contributed by atoms with van der Waals surface area (Å²) in [5.74, 6) is -1.43. The number of esters is 1. The molecular formula is C20H28N4O5. The average molecular weight is 404 g/mol. The van der Waals surface area contributed by atoms with E-state index in [-0.39, 0.29) is 18.1 Å². The second-order valence-corrected chi connectivity index (χ2v) is 7.07. The monoisotopic (exact) mass is 404 g/mol. The van der Waals surface area contributed by atoms with Crippen LogP contribution < -0.4 is 10.1 Å². The van der Waals surface area contributed by atoms with Crippen molar-refractivity contribution in [3.8, 4) is 11.5 Å². The first-order valence-electron chi connectivity index (χ1n) is 9.89. The van der Waals surface area contributed by atoms with Gasteiger partial charge in [0.05, 0.1) is 13.2 Å². The number of hydrogen-bond acceptors (Lipinski definition) is 8. The number of nitrogens with zero attached hydrogens (tertiary/aromatic N) is 3. The molecule has 1 fully saturated rings. The molecule has 2 aliphatic heterocycles. The highest BCUT2D eigenvalue weighted by Crippen LogP contribution is 2.36. The molecule has 2 aliphatic rings. The number of aromatic hydroxyl groups is 1. The van der Waals surface area contributed by atoms with Crippen molar-refractivity contribution >= 4 is 17.8 Å². The summed E-state index contributed by atoms with van der Waals surface area (Å²) in [7, 11) is 2.05. The zero-order valence-electron chi connectivity index (χ0n) is 17.1. The molecule has 2 atom stereocenters. The van der Waals surface area contributed by atoms with Gasteiger partial charge in [-0.25, -0.2) is 4.99 Å². The number of amides is 1. The normalized spacial score (nSPS) is 22.7. The molecule has 1 amide bonds. The van der Waals surface area contributed by atoms with E-state index in [1.165, 1.54) is 6.07 Å². The zero-order chi connectivity index (χ0) is 21.0. The van der Waals surface area contributed by atoms with Gasteiger partial charge in [0.1, 0.15) is 6.04 Å². The summed E-state index contributed by atoms with van der Waals surface area (Å²) in [6, 6.07) is 4.00. The fourth-order valence-corrected chi connectivity index (χ4v) is 3.47. The molecule has 0 bridgehead atoms. The van der Waals surface area contributed by atoms with Gasteiger partial charge in [-0.1, -0.05) is 6.07 Å². The molecule has 1 saturated heterocycles. The summed E-state index contributed by atoms with van der Waals surface area (Å²) < 4.78 is 10.6. The molecular weight excluding hydrogens is 376 g/mol. The van der Waals surface area contributed by atoms with Crippen molar-refractivity contribution in [2.75, 3.05) is 46.4 Å². The summed E-state index contributed by atoms with van der Waals surface area (Å²) in [4.78, 5) is 34.4. The van der Waals surface area contributed by atoms with E-state index in [0.29, 0.717) is 18.1 Å². The van der Waals surface area contributed by atoms with Gasteiger partial charge in [0.15, 0.2) is 17.4 Å². The molecule has 0 unspecified atom stereocenters. The fourth-order valence-electron chi connectivity index (χ4n) is 3.47. The number of benzene rings is 1. The topological polar surface area (TPSA) is 104 Å². The van der Waals surface area contributed by atoms with Gasteiger partial charge in [0, 0.05) is 26.2 Å². The summed E-state index contributed by atoms with van der Waals surface area (Å²) >= 11 is 0. The summed E-state index contributed by atoms with van der Waals surface area (Å²) in [6.07, 6.45) is 0. The van der Waals surface area contributed by atoms with E-state index < -0.39 is 23.8 Å². The van der Waals surface area contributed by atoms with Gasteiger partial charge in [-0.05, 0) is 38.6 Å². The Morgan fingerprint density at radius 3 is 2.62 bits per heavy atom. The van der Waals surface area contributed by atoms with Crippen LogP contribution >= 0.6 is 0 Å². The van der Waals surface area contributed by atoms with Crippen molar-refractivity contribution in [1.29, 1.82) is 0 Å². The molecule has 2 heterocycles. The molecule has 9 heteroatoms. The lowest BCUT2D eigenvalue weighted by molar-refractivity contribution is -0.153. The van der Waals surface area contributed by atoms with Crippen LogP contribution in [0.25, 0.3) is 0 Å². The van der Waals surface area contributed by atoms with Crippen LogP contribution in [-0.2, 0) is 14.3 Å². The Hall–Kier alpha value is -2.81. The minimum absolute atomic E-state index is 0.00758. The average Bonchev–Trinajstić information content (AvgIpc) is 2.70. The number of rotatable bonds is 5. The maximum atomic E-state index is 12.9. The molecule has 29 heavy (non-hydrogen) atoms. The first-order valence-corrected chi connectivity index (χ1v) is 9.89. The molecule has 3 rings (SSSR count). The SMILES string of the molecule is CCOC(=O)[C@H]1C(=O)NC(N2CCN(C)CC2)=N[C@@H]1c1ccc(O)c(OCC)c1. The highest BCUT2D eigenvalue weighted by atomic mass is 16.5. The lowest BCUT2D eigenvalue weighted by Crippen LogP contribution is -2.56. The second-order valence-electron chi connectivity index (χ2n) is 7.07. The van der Waals surface area contributed by atoms with E-state index in [0.717, 1.165) is 26.2 Å². The summed E-state index contributed by atoms with van der Waals surface area (Å²) in [6.45, 7) is 7.22. The Kier molecular flexibility index (Phi) is 6.58. The standard InChI is InChI=1S/C20H28N4O5/c1-4-28-15-12-13(6-7-14(15)25)17-16(19(27)29-5-2)18(26)22-20(21-17)24-10-8-23(3)9-11-24/h6-7,12,16-17,25H,4-5,8-11H2,1-3H3,(H,21,22,26)/t16-,17-/m1/s1. The molecule has 0 aliphatic carbocycles. The fraction of sp³-hybridized carbons (Fsp3) is 0.550. The number of carbonyl (C=O) groups is 2. The van der Waals surface area contributed by atoms with Crippen molar-refractivity contribution in [2.24, 2.45) is 10.9 Å². The second kappa shape index (κ2) is 9.13. The van der Waals surface area contributed by atoms with Gasteiger partial charge >= 0.3 is 5.97 Å². The molecule has 0 radical (unpaired) electrons. The lowest BCUT2D eigenvalue weighted by Gasteiger charge is -2.37. The minimum Gasteiger partial charge on any atom is -0.504 e. The Morgan fingerprint density at radius 2 is 1.97 bits per heavy atom. The number of carbonyl (C=O) groups excluding carboxylic acids is 2. The van der Waals surface area contributed by atoms with Gasteiger partial charge in [-0.2, -0.15) is 0 Å². The number of nitrogens with one attached hydrogen (secondary N) is 1. The number of likely N-dealkylation sites (N-methyl/N-ethyl adjacent to an activating group) is 1. The summed E-state index contributed by atoms with van der Waals surface area (Å²) in [5, 5.41) is 12.8. The molecule has 158 valence electrons. The third-order valence-electron chi connectivity index (χ3n) is 5.06. The van der Waals surface area contributed by atoms with Crippen LogP contribution in [0.1, 0.15) is 25.5 Å². The van der Waals surface area contributed by atoms with Crippen LogP contribution in [0.3, 0.4) is 0 Å². The Labute approximate surface area is 170 Å². The Bertz CT molecular complexity index is 789. The maximum Gasteiger partial charge on any atom is 0.321 e. The van der Waals surface area contributed by atoms with E-state index in [2.05, 4.69) is 10.2 Å². The highest BCUT2D eigenvalue weighted by Gasteiger charge is 2.42. The minimum atomic E-state index is -1.11. The Balaban J connectivity index is 1.98. The van der Waals surface area contributed by atoms with Crippen molar-refractivity contribution < 1.29 is 24.2 Å².